The quantitative estimate of drug-likeness (QED) is 0.289. The van der Waals surface area contributed by atoms with E-state index >= 15 is 0 Å². The Balaban J connectivity index is 1.57. The monoisotopic (exact) mass is 405 g/mol. The van der Waals surface area contributed by atoms with Gasteiger partial charge in [-0.05, 0) is 48.4 Å². The van der Waals surface area contributed by atoms with Crippen LogP contribution < -0.4 is 20.9 Å². The number of terminal acetylenes is 1. The summed E-state index contributed by atoms with van der Waals surface area (Å²) < 4.78 is 11.0. The SMILES string of the molecule is C#CCOc1ccc2oc(C(=O)NCc3ccc(C(=O)NNCCC)cc3)cc2c1. The lowest BCUT2D eigenvalue weighted by molar-refractivity contribution is 0.0919. The molecule has 154 valence electrons. The molecule has 0 unspecified atom stereocenters. The number of carbonyl (C=O) groups is 2. The topological polar surface area (TPSA) is 92.6 Å². The number of furan rings is 1. The number of benzene rings is 2. The van der Waals surface area contributed by atoms with Crippen LogP contribution in [0.2, 0.25) is 0 Å². The zero-order chi connectivity index (χ0) is 21.3. The summed E-state index contributed by atoms with van der Waals surface area (Å²) in [6.45, 7) is 3.20. The summed E-state index contributed by atoms with van der Waals surface area (Å²) in [5, 5.41) is 3.56. The second-order valence-electron chi connectivity index (χ2n) is 6.56. The molecule has 0 saturated heterocycles. The molecule has 1 heterocycles. The third-order valence-corrected chi connectivity index (χ3v) is 4.28. The molecule has 3 rings (SSSR count). The van der Waals surface area contributed by atoms with Crippen molar-refractivity contribution in [2.75, 3.05) is 13.2 Å². The van der Waals surface area contributed by atoms with Crippen molar-refractivity contribution in [1.82, 2.24) is 16.2 Å². The van der Waals surface area contributed by atoms with Crippen molar-refractivity contribution in [3.8, 4) is 18.1 Å². The molecule has 0 bridgehead atoms. The summed E-state index contributed by atoms with van der Waals surface area (Å²) >= 11 is 0. The number of nitrogens with one attached hydrogen (secondary N) is 3. The summed E-state index contributed by atoms with van der Waals surface area (Å²) in [4.78, 5) is 24.4. The lowest BCUT2D eigenvalue weighted by Crippen LogP contribution is -2.37. The Kier molecular flexibility index (Phi) is 7.09. The van der Waals surface area contributed by atoms with Crippen molar-refractivity contribution < 1.29 is 18.7 Å². The van der Waals surface area contributed by atoms with E-state index in [-0.39, 0.29) is 24.2 Å². The van der Waals surface area contributed by atoms with Gasteiger partial charge in [-0.3, -0.25) is 15.0 Å². The first-order valence-electron chi connectivity index (χ1n) is 9.61. The molecule has 3 N–H and O–H groups in total. The van der Waals surface area contributed by atoms with E-state index in [1.54, 1.807) is 48.5 Å². The minimum atomic E-state index is -0.331. The van der Waals surface area contributed by atoms with Crippen LogP contribution in [0, 0.1) is 12.3 Å². The Morgan fingerprint density at radius 1 is 1.10 bits per heavy atom. The number of fused-ring (bicyclic) bond motifs is 1. The fourth-order valence-corrected chi connectivity index (χ4v) is 2.73. The molecule has 0 aliphatic carbocycles. The van der Waals surface area contributed by atoms with Gasteiger partial charge < -0.3 is 14.5 Å². The Morgan fingerprint density at radius 2 is 1.90 bits per heavy atom. The lowest BCUT2D eigenvalue weighted by atomic mass is 10.1. The minimum absolute atomic E-state index is 0.173. The normalized spacial score (nSPS) is 10.4. The standard InChI is InChI=1S/C23H23N3O4/c1-3-11-25-26-22(27)17-7-5-16(6-8-17)15-24-23(28)21-14-18-13-19(29-12-4-2)9-10-20(18)30-21/h2,5-10,13-14,25H,3,11-12,15H2,1H3,(H,24,28)(H,26,27). The van der Waals surface area contributed by atoms with Crippen LogP contribution in [0.3, 0.4) is 0 Å². The van der Waals surface area contributed by atoms with Gasteiger partial charge in [0, 0.05) is 24.0 Å². The van der Waals surface area contributed by atoms with E-state index in [0.29, 0.717) is 30.0 Å². The third kappa shape index (κ3) is 5.40. The zero-order valence-electron chi connectivity index (χ0n) is 16.7. The summed E-state index contributed by atoms with van der Waals surface area (Å²) in [5.74, 6) is 2.69. The first kappa shape index (κ1) is 21.0. The molecule has 0 fully saturated rings. The van der Waals surface area contributed by atoms with Gasteiger partial charge in [-0.1, -0.05) is 25.0 Å². The third-order valence-electron chi connectivity index (χ3n) is 4.28. The van der Waals surface area contributed by atoms with E-state index in [0.717, 1.165) is 17.4 Å². The average Bonchev–Trinajstić information content (AvgIpc) is 3.20. The number of amides is 2. The molecular formula is C23H23N3O4. The molecule has 0 saturated carbocycles. The minimum Gasteiger partial charge on any atom is -0.481 e. The second-order valence-corrected chi connectivity index (χ2v) is 6.56. The van der Waals surface area contributed by atoms with Gasteiger partial charge in [0.1, 0.15) is 17.9 Å². The van der Waals surface area contributed by atoms with E-state index in [4.69, 9.17) is 15.6 Å². The van der Waals surface area contributed by atoms with Crippen molar-refractivity contribution in [3.63, 3.8) is 0 Å². The van der Waals surface area contributed by atoms with Crippen LogP contribution in [-0.4, -0.2) is 25.0 Å². The number of carbonyl (C=O) groups excluding carboxylic acids is 2. The molecule has 3 aromatic rings. The summed E-state index contributed by atoms with van der Waals surface area (Å²) in [5.41, 5.74) is 7.46. The molecule has 0 atom stereocenters. The van der Waals surface area contributed by atoms with E-state index in [1.807, 2.05) is 6.92 Å². The Bertz CT molecular complexity index is 1060. The van der Waals surface area contributed by atoms with Crippen LogP contribution in [0.25, 0.3) is 11.0 Å². The smallest absolute Gasteiger partial charge is 0.287 e. The van der Waals surface area contributed by atoms with E-state index in [2.05, 4.69) is 22.1 Å². The van der Waals surface area contributed by atoms with Crippen LogP contribution in [-0.2, 0) is 6.54 Å². The van der Waals surface area contributed by atoms with Gasteiger partial charge in [0.2, 0.25) is 0 Å². The maximum absolute atomic E-state index is 12.4. The summed E-state index contributed by atoms with van der Waals surface area (Å²) in [6.07, 6.45) is 6.11. The van der Waals surface area contributed by atoms with E-state index in [9.17, 15) is 9.59 Å². The predicted molar refractivity (Wildman–Crippen MR) is 114 cm³/mol. The fourth-order valence-electron chi connectivity index (χ4n) is 2.73. The van der Waals surface area contributed by atoms with Gasteiger partial charge in [0.15, 0.2) is 5.76 Å². The number of rotatable bonds is 9. The molecule has 0 spiro atoms. The molecule has 0 radical (unpaired) electrons. The van der Waals surface area contributed by atoms with Crippen LogP contribution in [0.15, 0.2) is 52.9 Å². The van der Waals surface area contributed by atoms with Crippen LogP contribution in [0.4, 0.5) is 0 Å². The van der Waals surface area contributed by atoms with E-state index < -0.39 is 0 Å². The highest BCUT2D eigenvalue weighted by Crippen LogP contribution is 2.24. The predicted octanol–water partition coefficient (Wildman–Crippen LogP) is 3.02. The first-order valence-corrected chi connectivity index (χ1v) is 9.61. The summed E-state index contributed by atoms with van der Waals surface area (Å²) in [7, 11) is 0. The Labute approximate surface area is 174 Å². The highest BCUT2D eigenvalue weighted by molar-refractivity contribution is 5.96. The molecule has 0 aliphatic heterocycles. The first-order chi connectivity index (χ1) is 14.6. The van der Waals surface area contributed by atoms with Gasteiger partial charge in [-0.2, -0.15) is 0 Å². The van der Waals surface area contributed by atoms with Crippen LogP contribution >= 0.6 is 0 Å². The fraction of sp³-hybridized carbons (Fsp3) is 0.217. The highest BCUT2D eigenvalue weighted by Gasteiger charge is 2.13. The lowest BCUT2D eigenvalue weighted by Gasteiger charge is -2.07. The van der Waals surface area contributed by atoms with Crippen molar-refractivity contribution >= 4 is 22.8 Å². The largest absolute Gasteiger partial charge is 0.481 e. The van der Waals surface area contributed by atoms with Crippen molar-refractivity contribution in [1.29, 1.82) is 0 Å². The maximum atomic E-state index is 12.4. The van der Waals surface area contributed by atoms with Crippen molar-refractivity contribution in [2.45, 2.75) is 19.9 Å². The molecule has 7 heteroatoms. The molecule has 30 heavy (non-hydrogen) atoms. The van der Waals surface area contributed by atoms with E-state index in [1.165, 1.54) is 0 Å². The second kappa shape index (κ2) is 10.1. The van der Waals surface area contributed by atoms with Crippen LogP contribution in [0.5, 0.6) is 5.75 Å². The van der Waals surface area contributed by atoms with Gasteiger partial charge in [-0.15, -0.1) is 6.42 Å². The van der Waals surface area contributed by atoms with Gasteiger partial charge >= 0.3 is 0 Å². The van der Waals surface area contributed by atoms with Gasteiger partial charge in [-0.25, -0.2) is 5.43 Å². The highest BCUT2D eigenvalue weighted by atomic mass is 16.5. The molecular weight excluding hydrogens is 382 g/mol. The Morgan fingerprint density at radius 3 is 2.63 bits per heavy atom. The number of ether oxygens (including phenoxy) is 1. The zero-order valence-corrected chi connectivity index (χ0v) is 16.7. The van der Waals surface area contributed by atoms with Crippen molar-refractivity contribution in [2.24, 2.45) is 0 Å². The molecule has 7 nitrogen and oxygen atoms in total. The van der Waals surface area contributed by atoms with Gasteiger partial charge in [0.05, 0.1) is 0 Å². The van der Waals surface area contributed by atoms with Crippen molar-refractivity contribution in [3.05, 3.63) is 65.4 Å². The van der Waals surface area contributed by atoms with Crippen LogP contribution in [0.1, 0.15) is 39.8 Å². The summed E-state index contributed by atoms with van der Waals surface area (Å²) in [6, 6.07) is 13.9. The number of hydrogen-bond acceptors (Lipinski definition) is 5. The van der Waals surface area contributed by atoms with Gasteiger partial charge in [0.25, 0.3) is 11.8 Å². The molecule has 0 aliphatic rings. The maximum Gasteiger partial charge on any atom is 0.287 e. The molecule has 2 amide bonds. The number of hydrazine groups is 1. The Hall–Kier alpha value is -3.76. The number of hydrogen-bond donors (Lipinski definition) is 3. The average molecular weight is 405 g/mol. The molecule has 1 aromatic heterocycles. The molecule has 2 aromatic carbocycles.